The molecule has 1 aromatic heterocycles. The second kappa shape index (κ2) is 7.12. The van der Waals surface area contributed by atoms with Crippen LogP contribution in [0.4, 0.5) is 11.4 Å². The van der Waals surface area contributed by atoms with Crippen molar-refractivity contribution in [2.45, 2.75) is 6.54 Å². The van der Waals surface area contributed by atoms with Crippen LogP contribution >= 0.6 is 39.1 Å². The number of nitro groups is 1. The third-order valence-corrected chi connectivity index (χ3v) is 4.39. The van der Waals surface area contributed by atoms with Gasteiger partial charge in [0.25, 0.3) is 5.69 Å². The van der Waals surface area contributed by atoms with Gasteiger partial charge in [-0.15, -0.1) is 0 Å². The van der Waals surface area contributed by atoms with E-state index < -0.39 is 10.9 Å². The van der Waals surface area contributed by atoms with Gasteiger partial charge in [-0.1, -0.05) is 41.4 Å². The van der Waals surface area contributed by atoms with E-state index in [1.54, 1.807) is 18.2 Å². The van der Waals surface area contributed by atoms with Gasteiger partial charge in [-0.05, 0) is 15.9 Å². The summed E-state index contributed by atoms with van der Waals surface area (Å²) in [7, 11) is 0. The summed E-state index contributed by atoms with van der Waals surface area (Å²) in [5.74, 6) is -1.29. The molecule has 0 spiro atoms. The Morgan fingerprint density at radius 3 is 2.65 bits per heavy atom. The molecular formula is C13H8BrCl2N3O4. The van der Waals surface area contributed by atoms with Gasteiger partial charge in [0.1, 0.15) is 5.02 Å². The van der Waals surface area contributed by atoms with Gasteiger partial charge < -0.3 is 10.4 Å². The highest BCUT2D eigenvalue weighted by atomic mass is 79.9. The highest BCUT2D eigenvalue weighted by Gasteiger charge is 2.21. The lowest BCUT2D eigenvalue weighted by Crippen LogP contribution is -2.08. The Labute approximate surface area is 148 Å². The number of para-hydroxylation sites is 1. The lowest BCUT2D eigenvalue weighted by molar-refractivity contribution is -0.385. The molecule has 0 aliphatic rings. The van der Waals surface area contributed by atoms with Crippen molar-refractivity contribution in [1.82, 2.24) is 4.98 Å². The van der Waals surface area contributed by atoms with Gasteiger partial charge in [-0.25, -0.2) is 9.78 Å². The third-order valence-electron chi connectivity index (χ3n) is 2.88. The predicted octanol–water partition coefficient (Wildman–Crippen LogP) is 4.37. The van der Waals surface area contributed by atoms with Crippen LogP contribution in [-0.4, -0.2) is 21.0 Å². The molecule has 0 amide bonds. The number of anilines is 1. The maximum absolute atomic E-state index is 11.1. The monoisotopic (exact) mass is 419 g/mol. The van der Waals surface area contributed by atoms with Crippen molar-refractivity contribution < 1.29 is 14.8 Å². The zero-order valence-electron chi connectivity index (χ0n) is 11.2. The van der Waals surface area contributed by atoms with Gasteiger partial charge in [0.15, 0.2) is 10.8 Å². The fourth-order valence-corrected chi connectivity index (χ4v) is 2.93. The van der Waals surface area contributed by atoms with Gasteiger partial charge in [0, 0.05) is 18.2 Å². The van der Waals surface area contributed by atoms with E-state index in [9.17, 15) is 14.9 Å². The molecule has 0 bridgehead atoms. The molecule has 0 saturated carbocycles. The summed E-state index contributed by atoms with van der Waals surface area (Å²) in [6.45, 7) is 0.0505. The number of rotatable bonds is 5. The van der Waals surface area contributed by atoms with Crippen molar-refractivity contribution in [2.24, 2.45) is 0 Å². The number of aromatic nitrogens is 1. The average Bonchev–Trinajstić information content (AvgIpc) is 2.50. The summed E-state index contributed by atoms with van der Waals surface area (Å²) in [6.07, 6.45) is 0. The average molecular weight is 421 g/mol. The van der Waals surface area contributed by atoms with Crippen LogP contribution in [0.5, 0.6) is 0 Å². The minimum atomic E-state index is -1.29. The standard InChI is InChI=1S/C13H8BrCl2N3O4/c14-8-10(9(15)12(16)18-11(8)13(20)21)17-5-6-3-1-2-4-7(6)19(22)23/h1-4H,5H2,(H,17,18)(H,20,21). The molecule has 10 heteroatoms. The summed E-state index contributed by atoms with van der Waals surface area (Å²) in [4.78, 5) is 25.3. The number of nitrogens with zero attached hydrogens (tertiary/aromatic N) is 2. The number of halogens is 3. The van der Waals surface area contributed by atoms with Crippen LogP contribution in [0, 0.1) is 10.1 Å². The van der Waals surface area contributed by atoms with Crippen molar-refractivity contribution >= 4 is 56.5 Å². The summed E-state index contributed by atoms with van der Waals surface area (Å²) in [5.41, 5.74) is 0.225. The fraction of sp³-hybridized carbons (Fsp3) is 0.0769. The van der Waals surface area contributed by atoms with Crippen LogP contribution in [0.2, 0.25) is 10.2 Å². The Bertz CT molecular complexity index is 801. The van der Waals surface area contributed by atoms with Crippen LogP contribution in [-0.2, 0) is 6.54 Å². The molecule has 7 nitrogen and oxygen atoms in total. The number of nitro benzene ring substituents is 1. The lowest BCUT2D eigenvalue weighted by atomic mass is 10.2. The van der Waals surface area contributed by atoms with Crippen LogP contribution in [0.15, 0.2) is 28.7 Å². The third kappa shape index (κ3) is 3.72. The second-order valence-corrected chi connectivity index (χ2v) is 5.83. The van der Waals surface area contributed by atoms with Crippen molar-refractivity contribution in [3.05, 3.63) is 60.3 Å². The van der Waals surface area contributed by atoms with E-state index in [4.69, 9.17) is 28.3 Å². The molecule has 0 unspecified atom stereocenters. The number of nitrogens with one attached hydrogen (secondary N) is 1. The molecule has 0 aliphatic carbocycles. The summed E-state index contributed by atoms with van der Waals surface area (Å²) >= 11 is 15.0. The quantitative estimate of drug-likeness (QED) is 0.422. The second-order valence-electron chi connectivity index (χ2n) is 4.30. The number of hydrogen-bond acceptors (Lipinski definition) is 5. The number of carboxylic acids is 1. The first kappa shape index (κ1) is 17.5. The molecule has 0 fully saturated rings. The van der Waals surface area contributed by atoms with Gasteiger partial charge in [-0.3, -0.25) is 10.1 Å². The van der Waals surface area contributed by atoms with E-state index in [0.717, 1.165) is 0 Å². The van der Waals surface area contributed by atoms with Crippen molar-refractivity contribution in [1.29, 1.82) is 0 Å². The van der Waals surface area contributed by atoms with E-state index in [1.807, 2.05) is 0 Å². The molecule has 0 radical (unpaired) electrons. The normalized spacial score (nSPS) is 10.4. The molecule has 1 heterocycles. The van der Waals surface area contributed by atoms with E-state index in [2.05, 4.69) is 26.2 Å². The first-order valence-corrected chi connectivity index (χ1v) is 7.61. The zero-order valence-corrected chi connectivity index (χ0v) is 14.3. The highest BCUT2D eigenvalue weighted by Crippen LogP contribution is 2.37. The Hall–Kier alpha value is -1.90. The maximum Gasteiger partial charge on any atom is 0.355 e. The van der Waals surface area contributed by atoms with E-state index in [-0.39, 0.29) is 38.3 Å². The Morgan fingerprint density at radius 2 is 2.04 bits per heavy atom. The van der Waals surface area contributed by atoms with Crippen molar-refractivity contribution in [2.75, 3.05) is 5.32 Å². The smallest absolute Gasteiger partial charge is 0.355 e. The number of carbonyl (C=O) groups is 1. The number of aromatic carboxylic acids is 1. The molecule has 23 heavy (non-hydrogen) atoms. The first-order valence-electron chi connectivity index (χ1n) is 6.07. The molecule has 0 saturated heterocycles. The molecule has 2 N–H and O–H groups in total. The topological polar surface area (TPSA) is 105 Å². The predicted molar refractivity (Wildman–Crippen MR) is 89.3 cm³/mol. The zero-order chi connectivity index (χ0) is 17.1. The van der Waals surface area contributed by atoms with Crippen LogP contribution < -0.4 is 5.32 Å². The van der Waals surface area contributed by atoms with E-state index in [0.29, 0.717) is 5.56 Å². The Morgan fingerprint density at radius 1 is 1.39 bits per heavy atom. The molecule has 0 aliphatic heterocycles. The van der Waals surface area contributed by atoms with Gasteiger partial charge in [-0.2, -0.15) is 0 Å². The van der Waals surface area contributed by atoms with E-state index >= 15 is 0 Å². The Kier molecular flexibility index (Phi) is 5.40. The van der Waals surface area contributed by atoms with Gasteiger partial charge >= 0.3 is 5.97 Å². The van der Waals surface area contributed by atoms with Crippen LogP contribution in [0.1, 0.15) is 16.1 Å². The van der Waals surface area contributed by atoms with Gasteiger partial charge in [0.05, 0.1) is 15.1 Å². The number of benzene rings is 1. The number of carboxylic acid groups (broad SMARTS) is 1. The number of pyridine rings is 1. The van der Waals surface area contributed by atoms with Gasteiger partial charge in [0.2, 0.25) is 0 Å². The summed E-state index contributed by atoms with van der Waals surface area (Å²) in [5, 5.41) is 22.8. The van der Waals surface area contributed by atoms with E-state index in [1.165, 1.54) is 6.07 Å². The number of hydrogen-bond donors (Lipinski definition) is 2. The van der Waals surface area contributed by atoms with Crippen molar-refractivity contribution in [3.63, 3.8) is 0 Å². The maximum atomic E-state index is 11.1. The molecule has 0 atom stereocenters. The first-order chi connectivity index (χ1) is 10.8. The largest absolute Gasteiger partial charge is 0.476 e. The summed E-state index contributed by atoms with van der Waals surface area (Å²) in [6, 6.07) is 6.16. The Balaban J connectivity index is 2.38. The minimum Gasteiger partial charge on any atom is -0.476 e. The SMILES string of the molecule is O=C(O)c1nc(Cl)c(Cl)c(NCc2ccccc2[N+](=O)[O-])c1Br. The molecule has 2 rings (SSSR count). The molecule has 120 valence electrons. The fourth-order valence-electron chi connectivity index (χ4n) is 1.83. The summed E-state index contributed by atoms with van der Waals surface area (Å²) < 4.78 is 0.109. The molecule has 2 aromatic rings. The van der Waals surface area contributed by atoms with Crippen LogP contribution in [0.25, 0.3) is 0 Å². The van der Waals surface area contributed by atoms with Crippen molar-refractivity contribution in [3.8, 4) is 0 Å². The van der Waals surface area contributed by atoms with Crippen LogP contribution in [0.3, 0.4) is 0 Å². The highest BCUT2D eigenvalue weighted by molar-refractivity contribution is 9.10. The molecule has 1 aromatic carbocycles. The lowest BCUT2D eigenvalue weighted by Gasteiger charge is -2.13. The minimum absolute atomic E-state index is 0.0159. The molecular weight excluding hydrogens is 413 g/mol.